The molecule has 20 heavy (non-hydrogen) atoms. The number of benzene rings is 1. The van der Waals surface area contributed by atoms with Crippen LogP contribution in [0.4, 0.5) is 13.2 Å². The van der Waals surface area contributed by atoms with E-state index in [0.717, 1.165) is 6.07 Å². The largest absolute Gasteiger partial charge is 0.481 e. The van der Waals surface area contributed by atoms with Gasteiger partial charge in [-0.05, 0) is 11.6 Å². The zero-order valence-corrected chi connectivity index (χ0v) is 10.3. The van der Waals surface area contributed by atoms with Gasteiger partial charge in [-0.25, -0.2) is 0 Å². The Balaban J connectivity index is 2.31. The number of carbonyl (C=O) groups is 1. The average molecular weight is 284 g/mol. The molecule has 106 valence electrons. The molecule has 0 saturated heterocycles. The predicted molar refractivity (Wildman–Crippen MR) is 64.9 cm³/mol. The number of carboxylic acid groups (broad SMARTS) is 1. The molecule has 4 nitrogen and oxygen atoms in total. The summed E-state index contributed by atoms with van der Waals surface area (Å²) in [7, 11) is 0. The molecule has 0 radical (unpaired) electrons. The molecule has 1 aromatic carbocycles. The quantitative estimate of drug-likeness (QED) is 0.938. The summed E-state index contributed by atoms with van der Waals surface area (Å²) in [6.45, 7) is 0.115. The van der Waals surface area contributed by atoms with Gasteiger partial charge in [-0.2, -0.15) is 18.3 Å². The van der Waals surface area contributed by atoms with Crippen molar-refractivity contribution in [3.8, 4) is 11.1 Å². The number of rotatable bonds is 4. The standard InChI is InChI=1S/C13H11F3N2O2/c14-13(15,16)11-4-2-1-3-10(11)9-7-17-18(8-9)6-5-12(19)20/h1-4,7-8H,5-6H2,(H,19,20). The molecule has 0 bridgehead atoms. The average Bonchev–Trinajstić information content (AvgIpc) is 2.84. The van der Waals surface area contributed by atoms with E-state index in [1.807, 2.05) is 0 Å². The van der Waals surface area contributed by atoms with Crippen molar-refractivity contribution >= 4 is 5.97 Å². The second kappa shape index (κ2) is 5.36. The summed E-state index contributed by atoms with van der Waals surface area (Å²) < 4.78 is 40.0. The highest BCUT2D eigenvalue weighted by Gasteiger charge is 2.33. The fourth-order valence-electron chi connectivity index (χ4n) is 1.82. The van der Waals surface area contributed by atoms with Crippen LogP contribution >= 0.6 is 0 Å². The monoisotopic (exact) mass is 284 g/mol. The number of aromatic nitrogens is 2. The maximum Gasteiger partial charge on any atom is 0.417 e. The summed E-state index contributed by atoms with van der Waals surface area (Å²) >= 11 is 0. The van der Waals surface area contributed by atoms with Gasteiger partial charge in [0.2, 0.25) is 0 Å². The van der Waals surface area contributed by atoms with Crippen LogP contribution in [-0.4, -0.2) is 20.9 Å². The third kappa shape index (κ3) is 3.17. The Morgan fingerprint density at radius 2 is 2.00 bits per heavy atom. The summed E-state index contributed by atoms with van der Waals surface area (Å²) in [5, 5.41) is 12.4. The summed E-state index contributed by atoms with van der Waals surface area (Å²) in [6.07, 6.45) is -1.87. The highest BCUT2D eigenvalue weighted by atomic mass is 19.4. The van der Waals surface area contributed by atoms with Crippen molar-refractivity contribution in [2.75, 3.05) is 0 Å². The Bertz CT molecular complexity index is 620. The minimum atomic E-state index is -4.44. The third-order valence-electron chi connectivity index (χ3n) is 2.73. The van der Waals surface area contributed by atoms with Crippen LogP contribution in [0.15, 0.2) is 36.7 Å². The molecule has 2 aromatic rings. The number of nitrogens with zero attached hydrogens (tertiary/aromatic N) is 2. The second-order valence-corrected chi connectivity index (χ2v) is 4.18. The highest BCUT2D eigenvalue weighted by molar-refractivity contribution is 5.67. The van der Waals surface area contributed by atoms with Gasteiger partial charge in [0.05, 0.1) is 24.7 Å². The van der Waals surface area contributed by atoms with Crippen molar-refractivity contribution in [3.05, 3.63) is 42.2 Å². The van der Waals surface area contributed by atoms with Gasteiger partial charge in [-0.15, -0.1) is 0 Å². The molecule has 0 aliphatic rings. The van der Waals surface area contributed by atoms with Crippen molar-refractivity contribution in [2.45, 2.75) is 19.1 Å². The van der Waals surface area contributed by atoms with Crippen LogP contribution in [0.2, 0.25) is 0 Å². The predicted octanol–water partition coefficient (Wildman–Crippen LogP) is 3.04. The Hall–Kier alpha value is -2.31. The van der Waals surface area contributed by atoms with Gasteiger partial charge in [-0.3, -0.25) is 9.48 Å². The Morgan fingerprint density at radius 3 is 2.65 bits per heavy atom. The zero-order valence-electron chi connectivity index (χ0n) is 10.3. The normalized spacial score (nSPS) is 11.6. The van der Waals surface area contributed by atoms with E-state index in [-0.39, 0.29) is 18.5 Å². The van der Waals surface area contributed by atoms with E-state index in [9.17, 15) is 18.0 Å². The van der Waals surface area contributed by atoms with Crippen LogP contribution in [0.3, 0.4) is 0 Å². The molecule has 0 saturated carbocycles. The second-order valence-electron chi connectivity index (χ2n) is 4.18. The number of hydrogen-bond donors (Lipinski definition) is 1. The molecule has 1 N–H and O–H groups in total. The lowest BCUT2D eigenvalue weighted by Crippen LogP contribution is -2.06. The van der Waals surface area contributed by atoms with Crippen molar-refractivity contribution in [2.24, 2.45) is 0 Å². The molecule has 0 amide bonds. The van der Waals surface area contributed by atoms with E-state index in [4.69, 9.17) is 5.11 Å². The number of alkyl halides is 3. The van der Waals surface area contributed by atoms with E-state index in [2.05, 4.69) is 5.10 Å². The summed E-state index contributed by atoms with van der Waals surface area (Å²) in [5.74, 6) is -0.988. The van der Waals surface area contributed by atoms with E-state index >= 15 is 0 Å². The minimum absolute atomic E-state index is 0.0292. The van der Waals surface area contributed by atoms with Gasteiger partial charge >= 0.3 is 12.1 Å². The molecule has 1 heterocycles. The summed E-state index contributed by atoms with van der Waals surface area (Å²) in [4.78, 5) is 10.4. The molecule has 1 aromatic heterocycles. The number of aryl methyl sites for hydroxylation is 1. The fourth-order valence-corrected chi connectivity index (χ4v) is 1.82. The molecular formula is C13H11F3N2O2. The van der Waals surface area contributed by atoms with Crippen LogP contribution in [0.1, 0.15) is 12.0 Å². The fraction of sp³-hybridized carbons (Fsp3) is 0.231. The van der Waals surface area contributed by atoms with Crippen LogP contribution in [0.25, 0.3) is 11.1 Å². The summed E-state index contributed by atoms with van der Waals surface area (Å²) in [6, 6.07) is 5.20. The smallest absolute Gasteiger partial charge is 0.417 e. The summed E-state index contributed by atoms with van der Waals surface area (Å²) in [5.41, 5.74) is -0.400. The molecule has 0 atom stereocenters. The van der Waals surface area contributed by atoms with Crippen molar-refractivity contribution in [3.63, 3.8) is 0 Å². The first kappa shape index (κ1) is 14.1. The van der Waals surface area contributed by atoms with Gasteiger partial charge in [0.25, 0.3) is 0 Å². The van der Waals surface area contributed by atoms with E-state index in [1.54, 1.807) is 0 Å². The number of carboxylic acids is 1. The molecule has 0 aliphatic carbocycles. The first-order chi connectivity index (χ1) is 9.38. The SMILES string of the molecule is O=C(O)CCn1cc(-c2ccccc2C(F)(F)F)cn1. The molecule has 7 heteroatoms. The lowest BCUT2D eigenvalue weighted by atomic mass is 10.0. The van der Waals surface area contributed by atoms with Gasteiger partial charge < -0.3 is 5.11 Å². The molecule has 2 rings (SSSR count). The van der Waals surface area contributed by atoms with Gasteiger partial charge in [-0.1, -0.05) is 18.2 Å². The van der Waals surface area contributed by atoms with Crippen LogP contribution in [-0.2, 0) is 17.5 Å². The van der Waals surface area contributed by atoms with Crippen LogP contribution in [0.5, 0.6) is 0 Å². The lowest BCUT2D eigenvalue weighted by Gasteiger charge is -2.10. The Morgan fingerprint density at radius 1 is 1.30 bits per heavy atom. The van der Waals surface area contributed by atoms with E-state index in [1.165, 1.54) is 35.3 Å². The van der Waals surface area contributed by atoms with E-state index < -0.39 is 17.7 Å². The topological polar surface area (TPSA) is 55.1 Å². The number of aliphatic carboxylic acids is 1. The molecule has 0 aliphatic heterocycles. The Labute approximate surface area is 112 Å². The first-order valence-corrected chi connectivity index (χ1v) is 5.79. The molecular weight excluding hydrogens is 273 g/mol. The highest BCUT2D eigenvalue weighted by Crippen LogP contribution is 2.36. The van der Waals surface area contributed by atoms with Gasteiger partial charge in [0.15, 0.2) is 0 Å². The van der Waals surface area contributed by atoms with E-state index in [0.29, 0.717) is 5.56 Å². The van der Waals surface area contributed by atoms with Crippen LogP contribution in [0, 0.1) is 0 Å². The molecule has 0 unspecified atom stereocenters. The number of hydrogen-bond acceptors (Lipinski definition) is 2. The van der Waals surface area contributed by atoms with Crippen molar-refractivity contribution < 1.29 is 23.1 Å². The maximum absolute atomic E-state index is 12.9. The molecule has 0 fully saturated rings. The van der Waals surface area contributed by atoms with Crippen molar-refractivity contribution in [1.82, 2.24) is 9.78 Å². The zero-order chi connectivity index (χ0) is 14.8. The van der Waals surface area contributed by atoms with Gasteiger partial charge in [0, 0.05) is 11.8 Å². The van der Waals surface area contributed by atoms with Crippen LogP contribution < -0.4 is 0 Å². The first-order valence-electron chi connectivity index (χ1n) is 5.79. The Kier molecular flexibility index (Phi) is 3.78. The minimum Gasteiger partial charge on any atom is -0.481 e. The molecule has 0 spiro atoms. The maximum atomic E-state index is 12.9. The van der Waals surface area contributed by atoms with Crippen molar-refractivity contribution in [1.29, 1.82) is 0 Å². The lowest BCUT2D eigenvalue weighted by molar-refractivity contribution is -0.138. The number of halogens is 3. The third-order valence-corrected chi connectivity index (χ3v) is 2.73. The van der Waals surface area contributed by atoms with Gasteiger partial charge in [0.1, 0.15) is 0 Å².